The summed E-state index contributed by atoms with van der Waals surface area (Å²) in [5.41, 5.74) is 1.26. The van der Waals surface area contributed by atoms with Gasteiger partial charge in [0.1, 0.15) is 5.75 Å². The van der Waals surface area contributed by atoms with Gasteiger partial charge in [-0.25, -0.2) is 0 Å². The van der Waals surface area contributed by atoms with Gasteiger partial charge >= 0.3 is 0 Å². The first-order valence-electron chi connectivity index (χ1n) is 7.20. The lowest BCUT2D eigenvalue weighted by Gasteiger charge is -2.12. The predicted molar refractivity (Wildman–Crippen MR) is 76.7 cm³/mol. The number of benzene rings is 1. The van der Waals surface area contributed by atoms with Crippen LogP contribution in [0.4, 0.5) is 0 Å². The summed E-state index contributed by atoms with van der Waals surface area (Å²) in [7, 11) is 0. The molecule has 0 aliphatic carbocycles. The van der Waals surface area contributed by atoms with Crippen molar-refractivity contribution in [1.82, 2.24) is 4.57 Å². The number of hydrogen-bond donors (Lipinski definition) is 0. The molecular formula is C16H21NO2. The largest absolute Gasteiger partial charge is 0.494 e. The van der Waals surface area contributed by atoms with Gasteiger partial charge in [-0.2, -0.15) is 0 Å². The Balaban J connectivity index is 1.78. The van der Waals surface area contributed by atoms with E-state index < -0.39 is 0 Å². The van der Waals surface area contributed by atoms with E-state index in [-0.39, 0.29) is 0 Å². The molecule has 0 amide bonds. The summed E-state index contributed by atoms with van der Waals surface area (Å²) < 4.78 is 13.7. The predicted octanol–water partition coefficient (Wildman–Crippen LogP) is 3.61. The third kappa shape index (κ3) is 2.76. The first kappa shape index (κ1) is 12.5. The molecule has 3 rings (SSSR count). The number of ether oxygens (including phenoxy) is 2. The second kappa shape index (κ2) is 5.66. The van der Waals surface area contributed by atoms with Gasteiger partial charge in [-0.1, -0.05) is 6.92 Å². The van der Waals surface area contributed by atoms with Crippen molar-refractivity contribution in [3.8, 4) is 5.75 Å². The van der Waals surface area contributed by atoms with Crippen LogP contribution < -0.4 is 4.74 Å². The van der Waals surface area contributed by atoms with E-state index in [0.717, 1.165) is 31.9 Å². The van der Waals surface area contributed by atoms with Gasteiger partial charge in [0.2, 0.25) is 0 Å². The summed E-state index contributed by atoms with van der Waals surface area (Å²) in [6, 6.07) is 8.49. The van der Waals surface area contributed by atoms with Crippen LogP contribution in [0.15, 0.2) is 30.5 Å². The molecule has 1 atom stereocenters. The van der Waals surface area contributed by atoms with Crippen molar-refractivity contribution in [2.24, 2.45) is 0 Å². The first-order chi connectivity index (χ1) is 9.36. The molecule has 0 N–H and O–H groups in total. The minimum Gasteiger partial charge on any atom is -0.494 e. The zero-order valence-corrected chi connectivity index (χ0v) is 11.5. The molecule has 0 saturated carbocycles. The Morgan fingerprint density at radius 1 is 1.37 bits per heavy atom. The van der Waals surface area contributed by atoms with E-state index in [2.05, 4.69) is 42.0 Å². The summed E-state index contributed by atoms with van der Waals surface area (Å²) in [5.74, 6) is 0.962. The van der Waals surface area contributed by atoms with E-state index in [9.17, 15) is 0 Å². The van der Waals surface area contributed by atoms with Crippen molar-refractivity contribution in [3.05, 3.63) is 30.5 Å². The van der Waals surface area contributed by atoms with Crippen LogP contribution in [0.3, 0.4) is 0 Å². The Bertz CT molecular complexity index is 541. The minimum absolute atomic E-state index is 0.381. The molecule has 1 aliphatic heterocycles. The summed E-state index contributed by atoms with van der Waals surface area (Å²) in [4.78, 5) is 0. The molecule has 1 fully saturated rings. The van der Waals surface area contributed by atoms with Gasteiger partial charge in [0.15, 0.2) is 0 Å². The molecule has 1 unspecified atom stereocenters. The second-order valence-corrected chi connectivity index (χ2v) is 5.17. The fourth-order valence-corrected chi connectivity index (χ4v) is 2.65. The van der Waals surface area contributed by atoms with Gasteiger partial charge in [0.05, 0.1) is 12.7 Å². The van der Waals surface area contributed by atoms with Crippen LogP contribution in [-0.2, 0) is 11.3 Å². The Labute approximate surface area is 114 Å². The van der Waals surface area contributed by atoms with E-state index >= 15 is 0 Å². The lowest BCUT2D eigenvalue weighted by Crippen LogP contribution is -2.13. The highest BCUT2D eigenvalue weighted by molar-refractivity contribution is 5.81. The summed E-state index contributed by atoms with van der Waals surface area (Å²) >= 11 is 0. The molecule has 102 valence electrons. The molecule has 19 heavy (non-hydrogen) atoms. The number of rotatable bonds is 5. The summed E-state index contributed by atoms with van der Waals surface area (Å²) in [5, 5.41) is 1.24. The van der Waals surface area contributed by atoms with E-state index in [1.807, 2.05) is 0 Å². The number of hydrogen-bond acceptors (Lipinski definition) is 2. The third-order valence-electron chi connectivity index (χ3n) is 3.64. The highest BCUT2D eigenvalue weighted by Gasteiger charge is 2.16. The van der Waals surface area contributed by atoms with E-state index in [4.69, 9.17) is 9.47 Å². The van der Waals surface area contributed by atoms with Gasteiger partial charge in [0.25, 0.3) is 0 Å². The quantitative estimate of drug-likeness (QED) is 0.819. The van der Waals surface area contributed by atoms with Gasteiger partial charge in [-0.3, -0.25) is 0 Å². The fraction of sp³-hybridized carbons (Fsp3) is 0.500. The fourth-order valence-electron chi connectivity index (χ4n) is 2.65. The van der Waals surface area contributed by atoms with Crippen LogP contribution in [0.5, 0.6) is 5.75 Å². The van der Waals surface area contributed by atoms with Crippen molar-refractivity contribution in [2.75, 3.05) is 13.2 Å². The Hall–Kier alpha value is -1.48. The maximum Gasteiger partial charge on any atom is 0.120 e. The van der Waals surface area contributed by atoms with Crippen LogP contribution in [0.25, 0.3) is 10.9 Å². The molecule has 0 bridgehead atoms. The Morgan fingerprint density at radius 3 is 3.11 bits per heavy atom. The molecule has 0 radical (unpaired) electrons. The van der Waals surface area contributed by atoms with Crippen LogP contribution in [0.1, 0.15) is 26.2 Å². The molecule has 3 nitrogen and oxygen atoms in total. The maximum absolute atomic E-state index is 5.71. The second-order valence-electron chi connectivity index (χ2n) is 5.17. The molecule has 1 saturated heterocycles. The van der Waals surface area contributed by atoms with Gasteiger partial charge in [-0.15, -0.1) is 0 Å². The number of aromatic nitrogens is 1. The van der Waals surface area contributed by atoms with Gasteiger partial charge < -0.3 is 14.0 Å². The summed E-state index contributed by atoms with van der Waals surface area (Å²) in [6.45, 7) is 4.77. The lowest BCUT2D eigenvalue weighted by molar-refractivity contribution is 0.0980. The van der Waals surface area contributed by atoms with Gasteiger partial charge in [0, 0.05) is 30.3 Å². The first-order valence-corrected chi connectivity index (χ1v) is 7.20. The van der Waals surface area contributed by atoms with Crippen molar-refractivity contribution in [1.29, 1.82) is 0 Å². The molecule has 0 spiro atoms. The van der Waals surface area contributed by atoms with Crippen molar-refractivity contribution >= 4 is 10.9 Å². The molecule has 1 aliphatic rings. The lowest BCUT2D eigenvalue weighted by atomic mass is 10.2. The molecule has 2 heterocycles. The Morgan fingerprint density at radius 2 is 2.32 bits per heavy atom. The Kier molecular flexibility index (Phi) is 3.74. The minimum atomic E-state index is 0.381. The molecular weight excluding hydrogens is 238 g/mol. The monoisotopic (exact) mass is 259 g/mol. The maximum atomic E-state index is 5.71. The van der Waals surface area contributed by atoms with Crippen LogP contribution in [-0.4, -0.2) is 23.9 Å². The molecule has 1 aromatic heterocycles. The zero-order valence-electron chi connectivity index (χ0n) is 11.5. The standard InChI is InChI=1S/C16H21NO2/c1-2-9-18-14-5-6-16-13(11-14)7-8-17(16)12-15-4-3-10-19-15/h5-8,11,15H,2-4,9-10,12H2,1H3. The topological polar surface area (TPSA) is 23.4 Å². The average Bonchev–Trinajstić information content (AvgIpc) is 3.07. The van der Waals surface area contributed by atoms with Crippen LogP contribution >= 0.6 is 0 Å². The number of fused-ring (bicyclic) bond motifs is 1. The highest BCUT2D eigenvalue weighted by atomic mass is 16.5. The average molecular weight is 259 g/mol. The van der Waals surface area contributed by atoms with Crippen molar-refractivity contribution in [3.63, 3.8) is 0 Å². The van der Waals surface area contributed by atoms with E-state index in [1.54, 1.807) is 0 Å². The van der Waals surface area contributed by atoms with Crippen molar-refractivity contribution < 1.29 is 9.47 Å². The van der Waals surface area contributed by atoms with E-state index in [0.29, 0.717) is 6.10 Å². The number of nitrogens with zero attached hydrogens (tertiary/aromatic N) is 1. The van der Waals surface area contributed by atoms with Crippen LogP contribution in [0.2, 0.25) is 0 Å². The molecule has 1 aromatic carbocycles. The third-order valence-corrected chi connectivity index (χ3v) is 3.64. The summed E-state index contributed by atoms with van der Waals surface area (Å²) in [6.07, 6.45) is 5.94. The van der Waals surface area contributed by atoms with Crippen molar-refractivity contribution in [2.45, 2.75) is 38.8 Å². The zero-order chi connectivity index (χ0) is 13.1. The SMILES string of the molecule is CCCOc1ccc2c(ccn2CC2CCCO2)c1. The molecule has 3 heteroatoms. The molecule has 2 aromatic rings. The highest BCUT2D eigenvalue weighted by Crippen LogP contribution is 2.24. The normalized spacial score (nSPS) is 19.1. The van der Waals surface area contributed by atoms with Gasteiger partial charge in [-0.05, 0) is 43.5 Å². The van der Waals surface area contributed by atoms with E-state index in [1.165, 1.54) is 23.7 Å². The smallest absolute Gasteiger partial charge is 0.120 e. The van der Waals surface area contributed by atoms with Crippen LogP contribution in [0, 0.1) is 0 Å².